The Hall–Kier alpha value is 46.9. The van der Waals surface area contributed by atoms with Gasteiger partial charge >= 0.3 is 0 Å². The number of hydrogen-bond donors (Lipinski definition) is 0. The molecular weight excluding hydrogens is 3380 g/mol. The van der Waals surface area contributed by atoms with Gasteiger partial charge in [-0.25, -0.2) is 0 Å². The van der Waals surface area contributed by atoms with E-state index in [1.807, 2.05) is 0 Å². The molecule has 0 spiro atoms. The minimum Gasteiger partial charge on any atom is -0.102 e. The zero-order valence-corrected chi connectivity index (χ0v) is 167. The summed E-state index contributed by atoms with van der Waals surface area (Å²) in [6, 6.07) is 0. The molecule has 654 valence electrons. The molecule has 2 radical (unpaired) electrons. The molecule has 109 heavy (non-hydrogen) atoms. The summed E-state index contributed by atoms with van der Waals surface area (Å²) in [6.45, 7) is -27.0. The average Bonchev–Trinajstić information content (AvgIpc) is 0.705. The lowest BCUT2D eigenvalue weighted by Crippen LogP contribution is -1.78. The molecule has 0 N–H and O–H groups in total. The van der Waals surface area contributed by atoms with Gasteiger partial charge in [0.1, 0.15) is 0 Å². The molecular formula is H109P109. The van der Waals surface area contributed by atoms with E-state index in [1.165, 1.54) is 0 Å². The van der Waals surface area contributed by atoms with E-state index in [2.05, 4.69) is 473 Å². The van der Waals surface area contributed by atoms with E-state index in [1.54, 1.807) is 0 Å². The fourth-order valence-electron chi connectivity index (χ4n) is 6.72. The van der Waals surface area contributed by atoms with Crippen molar-refractivity contribution in [2.45, 2.75) is 0 Å². The van der Waals surface area contributed by atoms with E-state index >= 15 is 0 Å². The quantitative estimate of drug-likeness (QED) is 0.0533. The summed E-state index contributed by atoms with van der Waals surface area (Å²) in [5, 5.41) is 0. The van der Waals surface area contributed by atoms with Crippen molar-refractivity contribution in [3.8, 4) is 0 Å². The van der Waals surface area contributed by atoms with Gasteiger partial charge in [0.15, 0.2) is 0 Å². The summed E-state index contributed by atoms with van der Waals surface area (Å²) in [4.78, 5) is 0. The molecule has 109 heteroatoms. The van der Waals surface area contributed by atoms with Crippen LogP contribution in [0.1, 0.15) is 0 Å². The molecule has 0 aliphatic heterocycles. The molecule has 0 rings (SSSR count). The summed E-state index contributed by atoms with van der Waals surface area (Å²) < 4.78 is 0. The Kier molecular flexibility index (Phi) is 123. The topological polar surface area (TPSA) is 0 Å². The van der Waals surface area contributed by atoms with Crippen molar-refractivity contribution < 1.29 is 0 Å². The lowest BCUT2D eigenvalue weighted by molar-refractivity contribution is 4.28. The highest BCUT2D eigenvalue weighted by atomic mass is 33.7. The van der Waals surface area contributed by atoms with Crippen LogP contribution in [0.4, 0.5) is 0 Å². The largest absolute Gasteiger partial charge is 0.102 e. The van der Waals surface area contributed by atoms with Crippen LogP contribution in [0.25, 0.3) is 0 Å². The minimum absolute atomic E-state index is 0.454. The first-order chi connectivity index (χ1) is 49.6. The second-order valence-electron chi connectivity index (χ2n) is 17.3. The fraction of sp³-hybridized carbons (Fsp3) is 0. The van der Waals surface area contributed by atoms with Gasteiger partial charge in [-0.05, 0) is 370 Å². The predicted octanol–water partition coefficient (Wildman–Crippen LogP) is 64.7. The van der Waals surface area contributed by atoms with Crippen LogP contribution in [0, 0.1) is 0 Å². The van der Waals surface area contributed by atoms with Gasteiger partial charge in [0.2, 0.25) is 0 Å². The van der Waals surface area contributed by atoms with Crippen LogP contribution in [-0.2, 0) is 0 Å². The van der Waals surface area contributed by atoms with E-state index in [4.69, 9.17) is 17.9 Å². The Morgan fingerprint density at radius 1 is 0.110 bits per heavy atom. The second-order valence-corrected chi connectivity index (χ2v) is 468. The number of rotatable bonds is 53. The third kappa shape index (κ3) is 54.9. The van der Waals surface area contributed by atoms with Crippen molar-refractivity contribution in [2.75, 3.05) is 0 Å². The van der Waals surface area contributed by atoms with E-state index in [0.717, 1.165) is 7.96 Å². The predicted molar refractivity (Wildman–Crippen MR) is 906 cm³/mol. The van der Waals surface area contributed by atoms with Crippen LogP contribution in [0.3, 0.4) is 0 Å². The average molecular weight is 3490 g/mol. The molecule has 0 aliphatic rings. The van der Waals surface area contributed by atoms with Gasteiger partial charge in [-0.15, -0.1) is 473 Å². The van der Waals surface area contributed by atoms with Crippen LogP contribution in [0.5, 0.6) is 0 Å². The van der Waals surface area contributed by atoms with E-state index < -0.39 is 370 Å². The molecule has 0 aromatic rings. The Labute approximate surface area is 855 Å². The first kappa shape index (κ1) is 156. The molecule has 0 aromatic heterocycles. The normalized spacial score (nSPS) is 15.9. The van der Waals surface area contributed by atoms with Gasteiger partial charge in [0, 0.05) is 0 Å². The molecule has 59 unspecified atom stereocenters. The van der Waals surface area contributed by atoms with Crippen LogP contribution in [0.15, 0.2) is 0 Å². The van der Waals surface area contributed by atoms with Gasteiger partial charge in [-0.3, -0.25) is 0 Å². The standard InChI is InChI=1S/H109P109/c1-56-84(57(2)3)98(85(58(4)5)59(6)7)105(99(86(60(8)9)61(10)11)87(62(12)13)63(14)15)108(104(96(80(48)49)81(50)51)97(82(52)53)83(54)55)109(106(100(88(64(16)17)65(18)19)89(66(20)21)67(22)23)101(90(68(24)25)69(26)27)91(70(28)29)71(30)31)107(102(92(72(32)33)73(34)35)93(74(36)37)75(38)39)103(94(76(40)41)77(42)43)95(78(44)45)79(46)47/h1-2,56H,3-55H2. The number of hydrogen-bond acceptors (Lipinski definition) is 0. The van der Waals surface area contributed by atoms with Crippen molar-refractivity contribution in [1.29, 1.82) is 0 Å². The van der Waals surface area contributed by atoms with E-state index in [9.17, 15) is 0 Å². The lowest BCUT2D eigenvalue weighted by atomic mass is 28.3. The van der Waals surface area contributed by atoms with Crippen molar-refractivity contribution in [3.05, 3.63) is 0 Å². The van der Waals surface area contributed by atoms with Crippen molar-refractivity contribution >= 4 is 869 Å². The maximum atomic E-state index is 5.06. The van der Waals surface area contributed by atoms with Gasteiger partial charge in [0.05, 0.1) is 0 Å². The van der Waals surface area contributed by atoms with Crippen LogP contribution >= 0.6 is 869 Å². The third-order valence-corrected chi connectivity index (χ3v) is 784. The van der Waals surface area contributed by atoms with Crippen LogP contribution < -0.4 is 0 Å². The van der Waals surface area contributed by atoms with E-state index in [-0.39, 0.29) is 0 Å². The minimum atomic E-state index is -0.737. The Morgan fingerprint density at radius 2 is 0.174 bits per heavy atom. The van der Waals surface area contributed by atoms with Crippen molar-refractivity contribution in [3.63, 3.8) is 0 Å². The van der Waals surface area contributed by atoms with Crippen LogP contribution in [-0.4, -0.2) is 0 Å². The summed E-state index contributed by atoms with van der Waals surface area (Å²) in [7, 11) is 215. The van der Waals surface area contributed by atoms with Gasteiger partial charge < -0.3 is 0 Å². The highest BCUT2D eigenvalue weighted by Gasteiger charge is 2.68. The second kappa shape index (κ2) is 85.7. The monoisotopic (exact) mass is 3490 g/mol. The Morgan fingerprint density at radius 3 is 0.239 bits per heavy atom. The summed E-state index contributed by atoms with van der Waals surface area (Å²) in [5.74, 6) is 0. The summed E-state index contributed by atoms with van der Waals surface area (Å²) >= 11 is 0. The van der Waals surface area contributed by atoms with Gasteiger partial charge in [-0.2, -0.15) is 0 Å². The molecule has 0 saturated heterocycles. The molecule has 0 nitrogen and oxygen atoms in total. The lowest BCUT2D eigenvalue weighted by Gasteiger charge is -2.65. The van der Waals surface area contributed by atoms with E-state index in [0.29, 0.717) is 0 Å². The third-order valence-electron chi connectivity index (χ3n) is 9.68. The first-order valence-electron chi connectivity index (χ1n) is 24.8. The molecule has 0 aliphatic carbocycles. The van der Waals surface area contributed by atoms with Gasteiger partial charge in [-0.1, -0.05) is 25.8 Å². The highest BCUT2D eigenvalue weighted by molar-refractivity contribution is 9.61. The SMILES string of the molecule is [PH]PP(P([PH])P)P(P(P(P)P)P(P)P)P(P(P(P(P)P)P(P)P)P(P(P)P)P(P)P)P(P(P(P(P)P)P(P)P)P(P(P)P)P(P)P)P(P(P(P(P(P)P)P(P)P)P(P(P)P)P(P)P)P(P(P(P)P)P(P)P)P(P(P)P)P(P)P)P(P(P(P(P)P)P(P)P)P(P(P)P)P(P)P)P(P(P(P)P)P(P)P)P(P(P)P)P(P)P. The molecule has 0 fully saturated rings. The van der Waals surface area contributed by atoms with Gasteiger partial charge in [0.25, 0.3) is 0 Å². The smallest absolute Gasteiger partial charge is 0.000000203 e. The Bertz CT molecular complexity index is 1890. The summed E-state index contributed by atoms with van der Waals surface area (Å²) in [6.07, 6.45) is 0. The summed E-state index contributed by atoms with van der Waals surface area (Å²) in [5.41, 5.74) is 0. The zero-order valence-electron chi connectivity index (χ0n) is 55.8. The first-order valence-corrected chi connectivity index (χ1v) is 223. The maximum absolute atomic E-state index is 5.06. The molecule has 59 atom stereocenters. The molecule has 0 saturated carbocycles. The highest BCUT2D eigenvalue weighted by Crippen LogP contribution is 3.56. The van der Waals surface area contributed by atoms with Crippen LogP contribution in [0.2, 0.25) is 0 Å². The molecule has 0 heterocycles. The zero-order chi connectivity index (χ0) is 86.3. The maximum Gasteiger partial charge on any atom is -0.000000203 e. The van der Waals surface area contributed by atoms with Crippen molar-refractivity contribution in [1.82, 2.24) is 0 Å². The molecule has 0 amide bonds. The van der Waals surface area contributed by atoms with Crippen molar-refractivity contribution in [2.24, 2.45) is 0 Å². The fourth-order valence-corrected chi connectivity index (χ4v) is 1630. The Balaban J connectivity index is 15.5. The molecule has 0 aromatic carbocycles. The molecule has 0 bridgehead atoms.